The summed E-state index contributed by atoms with van der Waals surface area (Å²) in [6, 6.07) is 0. The molecule has 1 heterocycles. The van der Waals surface area contributed by atoms with Crippen molar-refractivity contribution in [1.29, 1.82) is 0 Å². The summed E-state index contributed by atoms with van der Waals surface area (Å²) < 4.78 is 23.3. The number of H-pyrrole nitrogens is 1. The number of hydrogen-bond acceptors (Lipinski definition) is 4. The first-order chi connectivity index (χ1) is 7.38. The molecule has 3 N–H and O–H groups in total. The molecule has 0 spiro atoms. The summed E-state index contributed by atoms with van der Waals surface area (Å²) in [6.07, 6.45) is 3.22. The van der Waals surface area contributed by atoms with Crippen LogP contribution < -0.4 is 11.3 Å². The van der Waals surface area contributed by atoms with E-state index in [1.165, 1.54) is 4.68 Å². The Balaban J connectivity index is 2.22. The largest absolute Gasteiger partial charge is 0.393 e. The Morgan fingerprint density at radius 3 is 2.62 bits per heavy atom. The molecule has 1 aromatic heterocycles. The molecular weight excluding hydrogens is 230 g/mol. The number of nitrogen functional groups attached to an aromatic ring is 1. The van der Waals surface area contributed by atoms with E-state index in [1.807, 2.05) is 0 Å². The third-order valence-electron chi connectivity index (χ3n) is 2.69. The molecule has 0 aromatic carbocycles. The third kappa shape index (κ3) is 2.29. The zero-order valence-corrected chi connectivity index (χ0v) is 9.88. The molecule has 0 radical (unpaired) electrons. The van der Waals surface area contributed by atoms with E-state index in [9.17, 15) is 13.2 Å². The van der Waals surface area contributed by atoms with Crippen LogP contribution in [0.2, 0.25) is 0 Å². The lowest BCUT2D eigenvalue weighted by atomic mass is 10.3. The lowest BCUT2D eigenvalue weighted by molar-refractivity contribution is 0.579. The standard InChI is InChI=1S/C9H15N3O3S/c1-16(14,15)5-4-12-9(13)7(10)8(11-12)6-2-3-6/h6,11H,2-5,10H2,1H3. The highest BCUT2D eigenvalue weighted by Crippen LogP contribution is 2.40. The van der Waals surface area contributed by atoms with Gasteiger partial charge in [0.15, 0.2) is 0 Å². The van der Waals surface area contributed by atoms with Crippen molar-refractivity contribution in [2.24, 2.45) is 0 Å². The maximum Gasteiger partial charge on any atom is 0.289 e. The third-order valence-corrected chi connectivity index (χ3v) is 3.62. The van der Waals surface area contributed by atoms with Gasteiger partial charge in [-0.3, -0.25) is 14.6 Å². The smallest absolute Gasteiger partial charge is 0.289 e. The number of sulfone groups is 1. The first kappa shape index (κ1) is 11.3. The van der Waals surface area contributed by atoms with E-state index < -0.39 is 9.84 Å². The first-order valence-corrected chi connectivity index (χ1v) is 7.20. The summed E-state index contributed by atoms with van der Waals surface area (Å²) in [5, 5.41) is 2.90. The number of hydrogen-bond donors (Lipinski definition) is 2. The monoisotopic (exact) mass is 245 g/mol. The fourth-order valence-corrected chi connectivity index (χ4v) is 2.13. The van der Waals surface area contributed by atoms with Crippen molar-refractivity contribution >= 4 is 15.5 Å². The van der Waals surface area contributed by atoms with Gasteiger partial charge in [-0.25, -0.2) is 8.42 Å². The van der Waals surface area contributed by atoms with Crippen LogP contribution in [0.25, 0.3) is 0 Å². The predicted octanol–water partition coefficient (Wildman–Crippen LogP) is -0.319. The van der Waals surface area contributed by atoms with E-state index in [-0.39, 0.29) is 23.5 Å². The summed E-state index contributed by atoms with van der Waals surface area (Å²) in [5.41, 5.74) is 6.35. The van der Waals surface area contributed by atoms with Crippen LogP contribution in [0, 0.1) is 0 Å². The Hall–Kier alpha value is -1.24. The van der Waals surface area contributed by atoms with Crippen LogP contribution in [0.4, 0.5) is 5.69 Å². The lowest BCUT2D eigenvalue weighted by Gasteiger charge is -1.99. The number of nitrogens with two attached hydrogens (primary N) is 1. The molecule has 1 aliphatic carbocycles. The van der Waals surface area contributed by atoms with E-state index in [1.54, 1.807) is 0 Å². The van der Waals surface area contributed by atoms with Crippen LogP contribution >= 0.6 is 0 Å². The summed E-state index contributed by atoms with van der Waals surface area (Å²) in [5.74, 6) is 0.295. The molecule has 0 amide bonds. The van der Waals surface area contributed by atoms with Crippen molar-refractivity contribution in [3.8, 4) is 0 Å². The van der Waals surface area contributed by atoms with Crippen molar-refractivity contribution in [3.63, 3.8) is 0 Å². The maximum absolute atomic E-state index is 11.7. The highest BCUT2D eigenvalue weighted by molar-refractivity contribution is 7.90. The van der Waals surface area contributed by atoms with Crippen molar-refractivity contribution in [2.45, 2.75) is 25.3 Å². The minimum absolute atomic E-state index is 0.0586. The van der Waals surface area contributed by atoms with Gasteiger partial charge in [0.2, 0.25) is 0 Å². The molecule has 2 rings (SSSR count). The van der Waals surface area contributed by atoms with Gasteiger partial charge in [0.05, 0.1) is 18.0 Å². The van der Waals surface area contributed by atoms with Gasteiger partial charge in [0, 0.05) is 12.2 Å². The SMILES string of the molecule is CS(=O)(=O)CCn1[nH]c(C2CC2)c(N)c1=O. The fraction of sp³-hybridized carbons (Fsp3) is 0.667. The molecule has 1 fully saturated rings. The van der Waals surface area contributed by atoms with Gasteiger partial charge in [-0.15, -0.1) is 0 Å². The number of anilines is 1. The van der Waals surface area contributed by atoms with E-state index >= 15 is 0 Å². The number of aromatic nitrogens is 2. The normalized spacial score (nSPS) is 16.6. The number of nitrogens with zero attached hydrogens (tertiary/aromatic N) is 1. The fourth-order valence-electron chi connectivity index (χ4n) is 1.61. The molecule has 0 bridgehead atoms. The molecule has 1 aliphatic rings. The van der Waals surface area contributed by atoms with Gasteiger partial charge < -0.3 is 5.73 Å². The predicted molar refractivity (Wildman–Crippen MR) is 61.2 cm³/mol. The van der Waals surface area contributed by atoms with Gasteiger partial charge in [-0.05, 0) is 12.8 Å². The second-order valence-corrected chi connectivity index (χ2v) is 6.56. The van der Waals surface area contributed by atoms with E-state index in [4.69, 9.17) is 5.73 Å². The number of rotatable bonds is 4. The number of aromatic amines is 1. The van der Waals surface area contributed by atoms with Crippen LogP contribution in [0.3, 0.4) is 0 Å². The van der Waals surface area contributed by atoms with Crippen molar-refractivity contribution < 1.29 is 8.42 Å². The summed E-state index contributed by atoms with van der Waals surface area (Å²) in [6.45, 7) is 0.134. The zero-order chi connectivity index (χ0) is 11.9. The van der Waals surface area contributed by atoms with Crippen LogP contribution in [-0.2, 0) is 16.4 Å². The highest BCUT2D eigenvalue weighted by atomic mass is 32.2. The highest BCUT2D eigenvalue weighted by Gasteiger charge is 2.29. The topological polar surface area (TPSA) is 97.9 Å². The molecule has 16 heavy (non-hydrogen) atoms. The second kappa shape index (κ2) is 3.65. The van der Waals surface area contributed by atoms with Gasteiger partial charge in [0.1, 0.15) is 15.5 Å². The Labute approximate surface area is 93.3 Å². The van der Waals surface area contributed by atoms with Crippen molar-refractivity contribution in [1.82, 2.24) is 9.78 Å². The Morgan fingerprint density at radius 2 is 2.12 bits per heavy atom. The average Bonchev–Trinajstić information content (AvgIpc) is 2.95. The molecule has 7 heteroatoms. The molecule has 1 saturated carbocycles. The van der Waals surface area contributed by atoms with Crippen LogP contribution in [0.5, 0.6) is 0 Å². The quantitative estimate of drug-likeness (QED) is 0.759. The average molecular weight is 245 g/mol. The van der Waals surface area contributed by atoms with Gasteiger partial charge in [0.25, 0.3) is 5.56 Å². The lowest BCUT2D eigenvalue weighted by Crippen LogP contribution is -2.22. The molecule has 0 saturated heterocycles. The number of nitrogens with one attached hydrogen (secondary N) is 1. The minimum atomic E-state index is -3.07. The summed E-state index contributed by atoms with van der Waals surface area (Å²) in [4.78, 5) is 11.7. The summed E-state index contributed by atoms with van der Waals surface area (Å²) in [7, 11) is -3.07. The molecule has 0 unspecified atom stereocenters. The molecule has 1 aromatic rings. The molecule has 6 nitrogen and oxygen atoms in total. The summed E-state index contributed by atoms with van der Waals surface area (Å²) >= 11 is 0. The Morgan fingerprint density at radius 1 is 1.50 bits per heavy atom. The van der Waals surface area contributed by atoms with Crippen molar-refractivity contribution in [3.05, 3.63) is 16.0 Å². The minimum Gasteiger partial charge on any atom is -0.393 e. The maximum atomic E-state index is 11.7. The van der Waals surface area contributed by atoms with E-state index in [0.29, 0.717) is 5.92 Å². The zero-order valence-electron chi connectivity index (χ0n) is 9.06. The molecule has 0 aliphatic heterocycles. The van der Waals surface area contributed by atoms with Crippen LogP contribution in [0.15, 0.2) is 4.79 Å². The van der Waals surface area contributed by atoms with Crippen molar-refractivity contribution in [2.75, 3.05) is 17.7 Å². The molecule has 0 atom stereocenters. The molecule has 90 valence electrons. The van der Waals surface area contributed by atoms with E-state index in [0.717, 1.165) is 24.8 Å². The van der Waals surface area contributed by atoms with Gasteiger partial charge in [-0.2, -0.15) is 0 Å². The first-order valence-electron chi connectivity index (χ1n) is 5.14. The molecular formula is C9H15N3O3S. The van der Waals surface area contributed by atoms with Gasteiger partial charge in [-0.1, -0.05) is 0 Å². The Bertz CT molecular complexity index is 551. The Kier molecular flexibility index (Phi) is 2.57. The van der Waals surface area contributed by atoms with Crippen LogP contribution in [0.1, 0.15) is 24.5 Å². The number of aryl methyl sites for hydroxylation is 1. The van der Waals surface area contributed by atoms with Crippen LogP contribution in [-0.4, -0.2) is 30.2 Å². The second-order valence-electron chi connectivity index (χ2n) is 4.30. The van der Waals surface area contributed by atoms with E-state index in [2.05, 4.69) is 5.10 Å². The van der Waals surface area contributed by atoms with Gasteiger partial charge >= 0.3 is 0 Å².